The third-order valence-electron chi connectivity index (χ3n) is 4.65. The van der Waals surface area contributed by atoms with Crippen LogP contribution in [0.1, 0.15) is 31.2 Å². The van der Waals surface area contributed by atoms with Crippen LogP contribution in [0.2, 0.25) is 0 Å². The van der Waals surface area contributed by atoms with Crippen molar-refractivity contribution < 1.29 is 8.83 Å². The van der Waals surface area contributed by atoms with Crippen LogP contribution in [-0.2, 0) is 13.1 Å². The maximum atomic E-state index is 5.79. The Bertz CT molecular complexity index is 763. The van der Waals surface area contributed by atoms with Crippen LogP contribution in [0.5, 0.6) is 0 Å². The molecule has 5 nitrogen and oxygen atoms in total. The average molecular weight is 323 g/mol. The van der Waals surface area contributed by atoms with E-state index in [9.17, 15) is 0 Å². The Morgan fingerprint density at radius 1 is 1.08 bits per heavy atom. The Balaban J connectivity index is 1.51. The van der Waals surface area contributed by atoms with Crippen LogP contribution in [0, 0.1) is 5.92 Å². The van der Waals surface area contributed by atoms with E-state index in [1.807, 2.05) is 18.2 Å². The van der Waals surface area contributed by atoms with Gasteiger partial charge >= 0.3 is 0 Å². The number of nitrogens with zero attached hydrogens (tertiary/aromatic N) is 3. The Hall–Kier alpha value is -2.40. The van der Waals surface area contributed by atoms with Crippen molar-refractivity contribution >= 4 is 0 Å². The highest BCUT2D eigenvalue weighted by Gasteiger charge is 2.32. The predicted octanol–water partition coefficient (Wildman–Crippen LogP) is 4.13. The highest BCUT2D eigenvalue weighted by molar-refractivity contribution is 5.42. The Morgan fingerprint density at radius 2 is 1.92 bits per heavy atom. The summed E-state index contributed by atoms with van der Waals surface area (Å²) in [5, 5.41) is 8.30. The lowest BCUT2D eigenvalue weighted by molar-refractivity contribution is 0.156. The van der Waals surface area contributed by atoms with E-state index >= 15 is 0 Å². The van der Waals surface area contributed by atoms with Crippen molar-refractivity contribution in [3.05, 3.63) is 60.2 Å². The first-order valence-corrected chi connectivity index (χ1v) is 8.44. The van der Waals surface area contributed by atoms with Crippen LogP contribution in [0.15, 0.2) is 57.6 Å². The van der Waals surface area contributed by atoms with Gasteiger partial charge in [0.2, 0.25) is 5.89 Å². The molecule has 2 heterocycles. The van der Waals surface area contributed by atoms with Gasteiger partial charge < -0.3 is 8.83 Å². The summed E-state index contributed by atoms with van der Waals surface area (Å²) < 4.78 is 11.1. The monoisotopic (exact) mass is 323 g/mol. The molecule has 1 atom stereocenters. The molecule has 1 unspecified atom stereocenters. The summed E-state index contributed by atoms with van der Waals surface area (Å²) in [6, 6.07) is 14.7. The van der Waals surface area contributed by atoms with Gasteiger partial charge in [-0.3, -0.25) is 4.90 Å². The molecule has 4 rings (SSSR count). The molecule has 1 aliphatic rings. The van der Waals surface area contributed by atoms with Crippen molar-refractivity contribution in [3.8, 4) is 11.7 Å². The van der Waals surface area contributed by atoms with Crippen LogP contribution in [0.4, 0.5) is 0 Å². The summed E-state index contributed by atoms with van der Waals surface area (Å²) in [6.07, 6.45) is 4.23. The zero-order valence-electron chi connectivity index (χ0n) is 13.8. The standard InChI is InChI=1S/C19H21N3O2/c1-14(16-9-10-16)22(12-15-6-3-2-4-7-15)13-18-20-21-19(24-18)17-8-5-11-23-17/h2-8,11,14,16H,9-10,12-13H2,1H3. The molecule has 1 fully saturated rings. The third-order valence-corrected chi connectivity index (χ3v) is 4.65. The molecule has 1 aliphatic carbocycles. The van der Waals surface area contributed by atoms with Gasteiger partial charge in [0.1, 0.15) is 0 Å². The van der Waals surface area contributed by atoms with E-state index in [0.717, 1.165) is 12.5 Å². The lowest BCUT2D eigenvalue weighted by atomic mass is 10.1. The second-order valence-electron chi connectivity index (χ2n) is 6.45. The summed E-state index contributed by atoms with van der Waals surface area (Å²) >= 11 is 0. The number of hydrogen-bond acceptors (Lipinski definition) is 5. The molecule has 0 amide bonds. The van der Waals surface area contributed by atoms with Crippen LogP contribution in [0.3, 0.4) is 0 Å². The zero-order chi connectivity index (χ0) is 16.4. The van der Waals surface area contributed by atoms with Gasteiger partial charge in [-0.05, 0) is 43.4 Å². The summed E-state index contributed by atoms with van der Waals surface area (Å²) in [4.78, 5) is 2.42. The molecule has 0 aliphatic heterocycles. The van der Waals surface area contributed by atoms with Crippen LogP contribution < -0.4 is 0 Å². The molecule has 0 spiro atoms. The quantitative estimate of drug-likeness (QED) is 0.654. The van der Waals surface area contributed by atoms with Gasteiger partial charge in [0.25, 0.3) is 5.89 Å². The van der Waals surface area contributed by atoms with Crippen molar-refractivity contribution in [2.75, 3.05) is 0 Å². The lowest BCUT2D eigenvalue weighted by Gasteiger charge is -2.28. The molecule has 124 valence electrons. The average Bonchev–Trinajstić information content (AvgIpc) is 3.11. The van der Waals surface area contributed by atoms with Crippen molar-refractivity contribution in [3.63, 3.8) is 0 Å². The predicted molar refractivity (Wildman–Crippen MR) is 89.9 cm³/mol. The minimum atomic E-state index is 0.439. The Morgan fingerprint density at radius 3 is 2.62 bits per heavy atom. The van der Waals surface area contributed by atoms with E-state index < -0.39 is 0 Å². The molecular weight excluding hydrogens is 302 g/mol. The van der Waals surface area contributed by atoms with Crippen LogP contribution in [-0.4, -0.2) is 21.1 Å². The fourth-order valence-corrected chi connectivity index (χ4v) is 3.03. The Kier molecular flexibility index (Phi) is 4.17. The van der Waals surface area contributed by atoms with Crippen molar-refractivity contribution in [2.24, 2.45) is 5.92 Å². The fraction of sp³-hybridized carbons (Fsp3) is 0.368. The van der Waals surface area contributed by atoms with Gasteiger partial charge in [-0.25, -0.2) is 0 Å². The van der Waals surface area contributed by atoms with Crippen molar-refractivity contribution in [1.29, 1.82) is 0 Å². The summed E-state index contributed by atoms with van der Waals surface area (Å²) in [6.45, 7) is 3.83. The summed E-state index contributed by atoms with van der Waals surface area (Å²) in [5.74, 6) is 2.46. The first kappa shape index (κ1) is 15.1. The number of rotatable bonds is 7. The topological polar surface area (TPSA) is 55.3 Å². The lowest BCUT2D eigenvalue weighted by Crippen LogP contribution is -2.33. The number of benzene rings is 1. The van der Waals surface area contributed by atoms with Crippen LogP contribution in [0.25, 0.3) is 11.7 Å². The maximum absolute atomic E-state index is 5.79. The first-order valence-electron chi connectivity index (χ1n) is 8.44. The summed E-state index contributed by atoms with van der Waals surface area (Å²) in [7, 11) is 0. The van der Waals surface area contributed by atoms with Gasteiger partial charge in [0, 0.05) is 12.6 Å². The highest BCUT2D eigenvalue weighted by atomic mass is 16.4. The van der Waals surface area contributed by atoms with E-state index in [1.54, 1.807) is 6.26 Å². The minimum absolute atomic E-state index is 0.439. The Labute approximate surface area is 141 Å². The number of hydrogen-bond donors (Lipinski definition) is 0. The smallest absolute Gasteiger partial charge is 0.283 e. The van der Waals surface area contributed by atoms with Gasteiger partial charge in [-0.1, -0.05) is 30.3 Å². The molecule has 24 heavy (non-hydrogen) atoms. The zero-order valence-corrected chi connectivity index (χ0v) is 13.8. The molecule has 2 aromatic heterocycles. The fourth-order valence-electron chi connectivity index (χ4n) is 3.03. The third kappa shape index (κ3) is 3.41. The van der Waals surface area contributed by atoms with Gasteiger partial charge in [-0.2, -0.15) is 0 Å². The van der Waals surface area contributed by atoms with E-state index in [4.69, 9.17) is 8.83 Å². The molecule has 3 aromatic rings. The van der Waals surface area contributed by atoms with E-state index in [-0.39, 0.29) is 0 Å². The molecular formula is C19H21N3O2. The molecule has 0 radical (unpaired) electrons. The molecule has 1 aromatic carbocycles. The van der Waals surface area contributed by atoms with E-state index in [0.29, 0.717) is 30.1 Å². The van der Waals surface area contributed by atoms with Crippen molar-refractivity contribution in [2.45, 2.75) is 38.9 Å². The molecule has 0 saturated heterocycles. The van der Waals surface area contributed by atoms with Gasteiger partial charge in [0.05, 0.1) is 12.8 Å². The normalized spacial score (nSPS) is 15.8. The molecule has 1 saturated carbocycles. The second-order valence-corrected chi connectivity index (χ2v) is 6.45. The second kappa shape index (κ2) is 6.61. The van der Waals surface area contributed by atoms with E-state index in [1.165, 1.54) is 18.4 Å². The molecule has 5 heteroatoms. The minimum Gasteiger partial charge on any atom is -0.459 e. The first-order chi connectivity index (χ1) is 11.8. The van der Waals surface area contributed by atoms with Gasteiger partial charge in [-0.15, -0.1) is 10.2 Å². The molecule has 0 N–H and O–H groups in total. The number of aromatic nitrogens is 2. The van der Waals surface area contributed by atoms with E-state index in [2.05, 4.69) is 46.3 Å². The van der Waals surface area contributed by atoms with Crippen LogP contribution >= 0.6 is 0 Å². The van der Waals surface area contributed by atoms with Gasteiger partial charge in [0.15, 0.2) is 5.76 Å². The highest BCUT2D eigenvalue weighted by Crippen LogP contribution is 2.36. The van der Waals surface area contributed by atoms with Crippen molar-refractivity contribution in [1.82, 2.24) is 15.1 Å². The SMILES string of the molecule is CC(C1CC1)N(Cc1ccccc1)Cc1nnc(-c2ccco2)o1. The summed E-state index contributed by atoms with van der Waals surface area (Å²) in [5.41, 5.74) is 1.30. The maximum Gasteiger partial charge on any atom is 0.283 e. The number of furan rings is 1. The molecule has 0 bridgehead atoms. The largest absolute Gasteiger partial charge is 0.459 e.